The maximum atomic E-state index is 13.9. The molecule has 1 aromatic heterocycles. The molecule has 1 unspecified atom stereocenters. The van der Waals surface area contributed by atoms with Gasteiger partial charge in [0.2, 0.25) is 5.91 Å². The van der Waals surface area contributed by atoms with Crippen molar-refractivity contribution in [1.82, 2.24) is 19.8 Å². The van der Waals surface area contributed by atoms with Crippen molar-refractivity contribution in [2.24, 2.45) is 0 Å². The molecule has 0 radical (unpaired) electrons. The van der Waals surface area contributed by atoms with Crippen LogP contribution in [0.2, 0.25) is 0 Å². The molecule has 5 nitrogen and oxygen atoms in total. The molecule has 1 amide bonds. The van der Waals surface area contributed by atoms with Crippen LogP contribution in [-0.2, 0) is 10.2 Å². The Hall–Kier alpha value is -2.28. The number of nitrogens with zero attached hydrogens (tertiary/aromatic N) is 3. The van der Waals surface area contributed by atoms with Gasteiger partial charge in [-0.3, -0.25) is 9.69 Å². The lowest BCUT2D eigenvalue weighted by Crippen LogP contribution is -2.55. The number of imidazole rings is 1. The van der Waals surface area contributed by atoms with Gasteiger partial charge in [-0.05, 0) is 37.1 Å². The lowest BCUT2D eigenvalue weighted by Gasteiger charge is -2.43. The van der Waals surface area contributed by atoms with Crippen molar-refractivity contribution in [1.29, 1.82) is 0 Å². The van der Waals surface area contributed by atoms with Crippen molar-refractivity contribution in [3.63, 3.8) is 0 Å². The fourth-order valence-corrected chi connectivity index (χ4v) is 4.84. The van der Waals surface area contributed by atoms with Crippen LogP contribution in [0.25, 0.3) is 0 Å². The number of nitrogens with one attached hydrogen (secondary N) is 1. The van der Waals surface area contributed by atoms with Gasteiger partial charge in [0.05, 0.1) is 11.5 Å². The SMILES string of the molecule is CCN1CCN(C(=O)C2(c3cc(F)cc(F)c3)CCCC2)CC1c1ncc[nH]1. The van der Waals surface area contributed by atoms with E-state index in [0.717, 1.165) is 37.8 Å². The summed E-state index contributed by atoms with van der Waals surface area (Å²) in [6, 6.07) is 3.53. The highest BCUT2D eigenvalue weighted by atomic mass is 19.1. The molecule has 1 atom stereocenters. The number of aromatic amines is 1. The molecule has 2 fully saturated rings. The maximum absolute atomic E-state index is 13.9. The molecule has 2 aliphatic rings. The predicted molar refractivity (Wildman–Crippen MR) is 102 cm³/mol. The first-order valence-electron chi connectivity index (χ1n) is 10.0. The molecule has 1 saturated carbocycles. The van der Waals surface area contributed by atoms with Crippen molar-refractivity contribution in [3.8, 4) is 0 Å². The van der Waals surface area contributed by atoms with E-state index < -0.39 is 17.0 Å². The Morgan fingerprint density at radius 2 is 1.93 bits per heavy atom. The number of hydrogen-bond donors (Lipinski definition) is 1. The largest absolute Gasteiger partial charge is 0.347 e. The summed E-state index contributed by atoms with van der Waals surface area (Å²) in [5.74, 6) is -0.421. The molecule has 0 spiro atoms. The third-order valence-electron chi connectivity index (χ3n) is 6.30. The van der Waals surface area contributed by atoms with Crippen LogP contribution >= 0.6 is 0 Å². The molecule has 0 bridgehead atoms. The van der Waals surface area contributed by atoms with Crippen molar-refractivity contribution < 1.29 is 13.6 Å². The van der Waals surface area contributed by atoms with Gasteiger partial charge in [-0.25, -0.2) is 13.8 Å². The van der Waals surface area contributed by atoms with Crippen LogP contribution in [0.3, 0.4) is 0 Å². The highest BCUT2D eigenvalue weighted by Crippen LogP contribution is 2.43. The van der Waals surface area contributed by atoms with Crippen LogP contribution in [0.1, 0.15) is 50.0 Å². The van der Waals surface area contributed by atoms with Crippen LogP contribution in [0, 0.1) is 11.6 Å². The Bertz CT molecular complexity index is 813. The Balaban J connectivity index is 1.64. The molecule has 1 saturated heterocycles. The summed E-state index contributed by atoms with van der Waals surface area (Å²) >= 11 is 0. The molecule has 2 heterocycles. The lowest BCUT2D eigenvalue weighted by molar-refractivity contribution is -0.140. The molecule has 2 aromatic rings. The van der Waals surface area contributed by atoms with Gasteiger partial charge in [-0.2, -0.15) is 0 Å². The number of rotatable bonds is 4. The van der Waals surface area contributed by atoms with Crippen molar-refractivity contribution in [2.75, 3.05) is 26.2 Å². The van der Waals surface area contributed by atoms with Crippen LogP contribution in [0.5, 0.6) is 0 Å². The fraction of sp³-hybridized carbons (Fsp3) is 0.524. The monoisotopic (exact) mass is 388 g/mol. The second-order valence-electron chi connectivity index (χ2n) is 7.82. The van der Waals surface area contributed by atoms with Gasteiger partial charge in [-0.15, -0.1) is 0 Å². The molecular formula is C21H26F2N4O. The third-order valence-corrected chi connectivity index (χ3v) is 6.30. The average molecular weight is 388 g/mol. The summed E-state index contributed by atoms with van der Waals surface area (Å²) in [5, 5.41) is 0. The first-order chi connectivity index (χ1) is 13.5. The Kier molecular flexibility index (Phi) is 5.19. The molecule has 28 heavy (non-hydrogen) atoms. The molecule has 150 valence electrons. The maximum Gasteiger partial charge on any atom is 0.233 e. The van der Waals surface area contributed by atoms with E-state index in [1.54, 1.807) is 12.4 Å². The lowest BCUT2D eigenvalue weighted by atomic mass is 9.77. The van der Waals surface area contributed by atoms with E-state index in [9.17, 15) is 13.6 Å². The molecule has 1 N–H and O–H groups in total. The van der Waals surface area contributed by atoms with Crippen molar-refractivity contribution >= 4 is 5.91 Å². The number of halogens is 2. The van der Waals surface area contributed by atoms with Gasteiger partial charge >= 0.3 is 0 Å². The van der Waals surface area contributed by atoms with Crippen molar-refractivity contribution in [3.05, 3.63) is 53.6 Å². The summed E-state index contributed by atoms with van der Waals surface area (Å²) in [7, 11) is 0. The van der Waals surface area contributed by atoms with Crippen LogP contribution in [0.4, 0.5) is 8.78 Å². The number of carbonyl (C=O) groups excluding carboxylic acids is 1. The minimum atomic E-state index is -0.828. The Morgan fingerprint density at radius 1 is 1.21 bits per heavy atom. The fourth-order valence-electron chi connectivity index (χ4n) is 4.84. The van der Waals surface area contributed by atoms with Crippen LogP contribution in [0.15, 0.2) is 30.6 Å². The zero-order chi connectivity index (χ0) is 19.7. The topological polar surface area (TPSA) is 52.2 Å². The molecular weight excluding hydrogens is 362 g/mol. The number of benzene rings is 1. The van der Waals surface area contributed by atoms with Gasteiger partial charge in [-0.1, -0.05) is 19.8 Å². The minimum absolute atomic E-state index is 0.000369. The minimum Gasteiger partial charge on any atom is -0.347 e. The Morgan fingerprint density at radius 3 is 2.54 bits per heavy atom. The summed E-state index contributed by atoms with van der Waals surface area (Å²) in [6.07, 6.45) is 6.55. The molecule has 7 heteroatoms. The van der Waals surface area contributed by atoms with E-state index in [1.807, 2.05) is 4.90 Å². The van der Waals surface area contributed by atoms with Gasteiger partial charge < -0.3 is 9.88 Å². The van der Waals surface area contributed by atoms with Gasteiger partial charge in [0.15, 0.2) is 0 Å². The number of aromatic nitrogens is 2. The van der Waals surface area contributed by atoms with Gasteiger partial charge in [0.25, 0.3) is 0 Å². The van der Waals surface area contributed by atoms with Gasteiger partial charge in [0.1, 0.15) is 17.5 Å². The predicted octanol–water partition coefficient (Wildman–Crippen LogP) is 3.41. The summed E-state index contributed by atoms with van der Waals surface area (Å²) in [4.78, 5) is 25.4. The van der Waals surface area contributed by atoms with Gasteiger partial charge in [0, 0.05) is 38.1 Å². The normalized spacial score (nSPS) is 22.5. The second kappa shape index (κ2) is 7.62. The van der Waals surface area contributed by atoms with E-state index in [0.29, 0.717) is 31.5 Å². The standard InChI is InChI=1S/C21H26F2N4O/c1-2-26-9-10-27(14-18(26)19-24-7-8-25-19)20(28)21(5-3-4-6-21)15-11-16(22)13-17(23)12-15/h7-8,11-13,18H,2-6,9-10,14H2,1H3,(H,24,25). The quantitative estimate of drug-likeness (QED) is 0.873. The molecule has 1 aliphatic heterocycles. The first kappa shape index (κ1) is 19.1. The van der Waals surface area contributed by atoms with Crippen molar-refractivity contribution in [2.45, 2.75) is 44.1 Å². The number of hydrogen-bond acceptors (Lipinski definition) is 3. The number of likely N-dealkylation sites (N-methyl/N-ethyl adjacent to an activating group) is 1. The first-order valence-corrected chi connectivity index (χ1v) is 10.0. The Labute approximate surface area is 163 Å². The summed E-state index contributed by atoms with van der Waals surface area (Å²) < 4.78 is 27.8. The third kappa shape index (κ3) is 3.32. The van der Waals surface area contributed by atoms with E-state index in [2.05, 4.69) is 21.8 Å². The van der Waals surface area contributed by atoms with E-state index >= 15 is 0 Å². The summed E-state index contributed by atoms with van der Waals surface area (Å²) in [5.41, 5.74) is -0.356. The smallest absolute Gasteiger partial charge is 0.233 e. The highest BCUT2D eigenvalue weighted by Gasteiger charge is 2.47. The molecule has 1 aromatic carbocycles. The zero-order valence-corrected chi connectivity index (χ0v) is 16.1. The van der Waals surface area contributed by atoms with E-state index in [1.165, 1.54) is 12.1 Å². The number of carbonyl (C=O) groups is 1. The molecule has 4 rings (SSSR count). The average Bonchev–Trinajstić information content (AvgIpc) is 3.39. The van der Waals surface area contributed by atoms with E-state index in [-0.39, 0.29) is 11.9 Å². The van der Waals surface area contributed by atoms with E-state index in [4.69, 9.17) is 0 Å². The van der Waals surface area contributed by atoms with Crippen LogP contribution in [-0.4, -0.2) is 51.9 Å². The summed E-state index contributed by atoms with van der Waals surface area (Å²) in [6.45, 7) is 4.86. The zero-order valence-electron chi connectivity index (χ0n) is 16.1. The number of amides is 1. The number of piperazine rings is 1. The number of H-pyrrole nitrogens is 1. The second-order valence-corrected chi connectivity index (χ2v) is 7.82. The van der Waals surface area contributed by atoms with Crippen LogP contribution < -0.4 is 0 Å². The highest BCUT2D eigenvalue weighted by molar-refractivity contribution is 5.89. The molecule has 1 aliphatic carbocycles.